The monoisotopic (exact) mass is 416 g/mol. The van der Waals surface area contributed by atoms with Crippen LogP contribution in [-0.2, 0) is 16.0 Å². The first-order chi connectivity index (χ1) is 14.1. The summed E-state index contributed by atoms with van der Waals surface area (Å²) in [6.07, 6.45) is 2.79. The van der Waals surface area contributed by atoms with Gasteiger partial charge in [-0.3, -0.25) is 9.59 Å². The molecule has 0 spiro atoms. The van der Waals surface area contributed by atoms with Crippen molar-refractivity contribution in [2.45, 2.75) is 32.1 Å². The van der Waals surface area contributed by atoms with Crippen LogP contribution in [0, 0.1) is 0 Å². The number of ether oxygens (including phenoxy) is 2. The molecule has 0 aliphatic carbocycles. The van der Waals surface area contributed by atoms with Crippen LogP contribution in [0.1, 0.15) is 31.2 Å². The van der Waals surface area contributed by atoms with Gasteiger partial charge >= 0.3 is 0 Å². The second-order valence-electron chi connectivity index (χ2n) is 6.84. The Balaban J connectivity index is 1.32. The fourth-order valence-corrected chi connectivity index (χ4v) is 3.07. The maximum atomic E-state index is 12.0. The molecule has 2 aromatic carbocycles. The molecule has 0 atom stereocenters. The molecule has 0 fully saturated rings. The first-order valence-corrected chi connectivity index (χ1v) is 10.2. The largest absolute Gasteiger partial charge is 0.490 e. The summed E-state index contributed by atoms with van der Waals surface area (Å²) in [6.45, 7) is 1.77. The number of nitrogens with one attached hydrogen (secondary N) is 2. The SMILES string of the molecule is O=C(CCc1ccc2c(c1)OCCCO2)NCCCC(=O)Nc1ccc(Cl)cc1. The molecule has 0 saturated carbocycles. The lowest BCUT2D eigenvalue weighted by molar-refractivity contribution is -0.121. The van der Waals surface area contributed by atoms with Gasteiger partial charge in [0.2, 0.25) is 11.8 Å². The van der Waals surface area contributed by atoms with Crippen molar-refractivity contribution < 1.29 is 19.1 Å². The summed E-state index contributed by atoms with van der Waals surface area (Å²) in [4.78, 5) is 24.0. The van der Waals surface area contributed by atoms with Crippen LogP contribution in [0.2, 0.25) is 5.02 Å². The Morgan fingerprint density at radius 1 is 0.931 bits per heavy atom. The van der Waals surface area contributed by atoms with E-state index in [0.29, 0.717) is 56.2 Å². The molecule has 0 radical (unpaired) electrons. The Morgan fingerprint density at radius 3 is 2.48 bits per heavy atom. The number of fused-ring (bicyclic) bond motifs is 1. The summed E-state index contributed by atoms with van der Waals surface area (Å²) in [5.41, 5.74) is 1.74. The molecule has 1 heterocycles. The molecule has 0 bridgehead atoms. The van der Waals surface area contributed by atoms with E-state index >= 15 is 0 Å². The third-order valence-corrected chi connectivity index (χ3v) is 4.74. The van der Waals surface area contributed by atoms with E-state index in [2.05, 4.69) is 10.6 Å². The lowest BCUT2D eigenvalue weighted by Crippen LogP contribution is -2.25. The number of halogens is 1. The van der Waals surface area contributed by atoms with Crippen LogP contribution >= 0.6 is 11.6 Å². The van der Waals surface area contributed by atoms with Crippen molar-refractivity contribution in [3.63, 3.8) is 0 Å². The molecule has 1 aliphatic rings. The van der Waals surface area contributed by atoms with Gasteiger partial charge in [0.15, 0.2) is 11.5 Å². The van der Waals surface area contributed by atoms with Gasteiger partial charge < -0.3 is 20.1 Å². The van der Waals surface area contributed by atoms with Gasteiger partial charge in [-0.25, -0.2) is 0 Å². The predicted octanol–water partition coefficient (Wildman–Crippen LogP) is 3.97. The number of hydrogen-bond acceptors (Lipinski definition) is 4. The van der Waals surface area contributed by atoms with E-state index in [4.69, 9.17) is 21.1 Å². The average Bonchev–Trinajstić information content (AvgIpc) is 2.96. The molecule has 154 valence electrons. The minimum Gasteiger partial charge on any atom is -0.490 e. The highest BCUT2D eigenvalue weighted by atomic mass is 35.5. The number of benzene rings is 2. The zero-order chi connectivity index (χ0) is 20.5. The molecule has 2 amide bonds. The normalized spacial score (nSPS) is 12.7. The number of carbonyl (C=O) groups is 2. The van der Waals surface area contributed by atoms with E-state index in [0.717, 1.165) is 23.5 Å². The van der Waals surface area contributed by atoms with Gasteiger partial charge in [-0.15, -0.1) is 0 Å². The number of hydrogen-bond donors (Lipinski definition) is 2. The summed E-state index contributed by atoms with van der Waals surface area (Å²) in [5.74, 6) is 1.38. The van der Waals surface area contributed by atoms with E-state index in [-0.39, 0.29) is 11.8 Å². The van der Waals surface area contributed by atoms with Crippen molar-refractivity contribution in [1.29, 1.82) is 0 Å². The van der Waals surface area contributed by atoms with E-state index in [1.54, 1.807) is 24.3 Å². The number of rotatable bonds is 8. The van der Waals surface area contributed by atoms with Gasteiger partial charge in [-0.05, 0) is 54.8 Å². The Bertz CT molecular complexity index is 839. The van der Waals surface area contributed by atoms with E-state index < -0.39 is 0 Å². The molecule has 0 saturated heterocycles. The first kappa shape index (κ1) is 21.0. The predicted molar refractivity (Wildman–Crippen MR) is 113 cm³/mol. The highest BCUT2D eigenvalue weighted by Gasteiger charge is 2.11. The van der Waals surface area contributed by atoms with Gasteiger partial charge in [0.1, 0.15) is 0 Å². The van der Waals surface area contributed by atoms with Crippen molar-refractivity contribution in [2.24, 2.45) is 0 Å². The molecule has 7 heteroatoms. The zero-order valence-electron chi connectivity index (χ0n) is 16.2. The van der Waals surface area contributed by atoms with Crippen LogP contribution in [0.15, 0.2) is 42.5 Å². The quantitative estimate of drug-likeness (QED) is 0.638. The molecule has 29 heavy (non-hydrogen) atoms. The minimum absolute atomic E-state index is 0.0322. The number of anilines is 1. The molecule has 3 rings (SSSR count). The molecule has 0 unspecified atom stereocenters. The van der Waals surface area contributed by atoms with Crippen molar-refractivity contribution in [3.8, 4) is 11.5 Å². The van der Waals surface area contributed by atoms with Crippen molar-refractivity contribution in [2.75, 3.05) is 25.1 Å². The van der Waals surface area contributed by atoms with Crippen LogP contribution in [0.4, 0.5) is 5.69 Å². The molecule has 6 nitrogen and oxygen atoms in total. The fourth-order valence-electron chi connectivity index (χ4n) is 2.94. The van der Waals surface area contributed by atoms with Gasteiger partial charge in [-0.1, -0.05) is 17.7 Å². The second-order valence-corrected chi connectivity index (χ2v) is 7.28. The smallest absolute Gasteiger partial charge is 0.224 e. The zero-order valence-corrected chi connectivity index (χ0v) is 17.0. The van der Waals surface area contributed by atoms with Gasteiger partial charge in [0.25, 0.3) is 0 Å². The van der Waals surface area contributed by atoms with Crippen LogP contribution in [0.3, 0.4) is 0 Å². The summed E-state index contributed by atoms with van der Waals surface area (Å²) >= 11 is 5.82. The van der Waals surface area contributed by atoms with Crippen LogP contribution < -0.4 is 20.1 Å². The standard InChI is InChI=1S/C22H25ClN2O4/c23-17-6-8-18(9-7-17)25-22(27)3-1-12-24-21(26)11-5-16-4-10-19-20(15-16)29-14-2-13-28-19/h4,6-10,15H,1-3,5,11-14H2,(H,24,26)(H,25,27). The number of carbonyl (C=O) groups excluding carboxylic acids is 2. The van der Waals surface area contributed by atoms with E-state index in [9.17, 15) is 9.59 Å². The maximum absolute atomic E-state index is 12.0. The molecular weight excluding hydrogens is 392 g/mol. The Morgan fingerprint density at radius 2 is 1.69 bits per heavy atom. The number of aryl methyl sites for hydroxylation is 1. The lowest BCUT2D eigenvalue weighted by Gasteiger charge is -2.10. The third kappa shape index (κ3) is 6.98. The summed E-state index contributed by atoms with van der Waals surface area (Å²) in [5, 5.41) is 6.28. The molecule has 0 aromatic heterocycles. The molecule has 2 aromatic rings. The van der Waals surface area contributed by atoms with Crippen LogP contribution in [0.5, 0.6) is 11.5 Å². The van der Waals surface area contributed by atoms with Crippen molar-refractivity contribution in [1.82, 2.24) is 5.32 Å². The summed E-state index contributed by atoms with van der Waals surface area (Å²) in [7, 11) is 0. The molecule has 1 aliphatic heterocycles. The number of amides is 2. The van der Waals surface area contributed by atoms with E-state index in [1.807, 2.05) is 18.2 Å². The third-order valence-electron chi connectivity index (χ3n) is 4.48. The highest BCUT2D eigenvalue weighted by Crippen LogP contribution is 2.30. The second kappa shape index (κ2) is 10.7. The molecule has 2 N–H and O–H groups in total. The highest BCUT2D eigenvalue weighted by molar-refractivity contribution is 6.30. The average molecular weight is 417 g/mol. The summed E-state index contributed by atoms with van der Waals surface area (Å²) in [6, 6.07) is 12.7. The van der Waals surface area contributed by atoms with Crippen molar-refractivity contribution >= 4 is 29.1 Å². The van der Waals surface area contributed by atoms with E-state index in [1.165, 1.54) is 0 Å². The van der Waals surface area contributed by atoms with Gasteiger partial charge in [-0.2, -0.15) is 0 Å². The van der Waals surface area contributed by atoms with Crippen molar-refractivity contribution in [3.05, 3.63) is 53.1 Å². The maximum Gasteiger partial charge on any atom is 0.224 e. The topological polar surface area (TPSA) is 76.7 Å². The first-order valence-electron chi connectivity index (χ1n) is 9.81. The Hall–Kier alpha value is -2.73. The van der Waals surface area contributed by atoms with Gasteiger partial charge in [0.05, 0.1) is 13.2 Å². The Kier molecular flexibility index (Phi) is 7.76. The fraction of sp³-hybridized carbons (Fsp3) is 0.364. The molecular formula is C22H25ClN2O4. The van der Waals surface area contributed by atoms with Crippen LogP contribution in [0.25, 0.3) is 0 Å². The Labute approximate surface area is 175 Å². The lowest BCUT2D eigenvalue weighted by atomic mass is 10.1. The minimum atomic E-state index is -0.0891. The van der Waals surface area contributed by atoms with Gasteiger partial charge in [0, 0.05) is 36.5 Å². The summed E-state index contributed by atoms with van der Waals surface area (Å²) < 4.78 is 11.3. The van der Waals surface area contributed by atoms with Crippen LogP contribution in [-0.4, -0.2) is 31.6 Å².